The average molecular weight is 1500 g/mol. The van der Waals surface area contributed by atoms with Crippen molar-refractivity contribution in [3.8, 4) is 0 Å². The fourth-order valence-electron chi connectivity index (χ4n) is 7.34. The van der Waals surface area contributed by atoms with E-state index in [9.17, 15) is 19.2 Å². The SMILES string of the molecule is CC(=O)O.CCC(=O)O.CCCC(=O)O.CCCCN(CCO)CCO.CCCCN(CCO)CCO.CCCCN(CCO)CCO.CCCCN(CCO)CCO.CCCCN(CCO)CCO.CCCCN(CCO)CCO.CCCCN(CCO)CCO.O=C(O)CC(=O)O.O=CO. The lowest BCUT2D eigenvalue weighted by atomic mass is 10.3. The molecular weight excluding hydrogens is 1340 g/mol. The maximum atomic E-state index is 9.60. The number of aliphatic carboxylic acids is 5. The highest BCUT2D eigenvalue weighted by atomic mass is 16.4. The van der Waals surface area contributed by atoms with Gasteiger partial charge in [0.05, 0.1) is 92.5 Å². The molecule has 0 aliphatic carbocycles. The fraction of sp³-hybridized carbons (Fsp3) is 0.913. The Hall–Kier alpha value is -4.02. The van der Waals surface area contributed by atoms with E-state index in [0.29, 0.717) is 98.0 Å². The van der Waals surface area contributed by atoms with Gasteiger partial charge >= 0.3 is 23.9 Å². The van der Waals surface area contributed by atoms with Crippen LogP contribution in [0.25, 0.3) is 0 Å². The summed E-state index contributed by atoms with van der Waals surface area (Å²) in [5.41, 5.74) is 0. The van der Waals surface area contributed by atoms with Crippen LogP contribution < -0.4 is 0 Å². The number of aliphatic hydroxyl groups is 14. The number of nitrogens with zero attached hydrogens (tertiary/aromatic N) is 7. The lowest BCUT2D eigenvalue weighted by Gasteiger charge is -2.19. The molecule has 33 heteroatoms. The lowest BCUT2D eigenvalue weighted by molar-refractivity contribution is -0.147. The molecule has 0 saturated heterocycles. The van der Waals surface area contributed by atoms with Crippen LogP contribution in [0.1, 0.15) is 185 Å². The molecule has 0 bridgehead atoms. The number of carbonyl (C=O) groups is 6. The van der Waals surface area contributed by atoms with Crippen molar-refractivity contribution < 1.29 is 131 Å². The van der Waals surface area contributed by atoms with Gasteiger partial charge in [-0.3, -0.25) is 63.1 Å². The average Bonchev–Trinajstić information content (AvgIpc) is 3.43. The van der Waals surface area contributed by atoms with E-state index in [0.717, 1.165) is 149 Å². The highest BCUT2D eigenvalue weighted by Gasteiger charge is 2.07. The minimum absolute atomic E-state index is 0.184. The largest absolute Gasteiger partial charge is 0.483 e. The molecule has 102 heavy (non-hydrogen) atoms. The van der Waals surface area contributed by atoms with Crippen LogP contribution in [0.5, 0.6) is 0 Å². The molecule has 0 aromatic rings. The van der Waals surface area contributed by atoms with Crippen LogP contribution in [0.15, 0.2) is 0 Å². The van der Waals surface area contributed by atoms with Crippen molar-refractivity contribution in [3.63, 3.8) is 0 Å². The van der Waals surface area contributed by atoms with Crippen molar-refractivity contribution in [1.82, 2.24) is 34.3 Å². The summed E-state index contributed by atoms with van der Waals surface area (Å²) >= 11 is 0. The summed E-state index contributed by atoms with van der Waals surface area (Å²) in [6, 6.07) is 0. The number of rotatable bonds is 54. The molecule has 0 heterocycles. The predicted octanol–water partition coefficient (Wildman–Crippen LogP) is 1.20. The van der Waals surface area contributed by atoms with Crippen molar-refractivity contribution in [2.45, 2.75) is 185 Å². The van der Waals surface area contributed by atoms with Gasteiger partial charge in [0.2, 0.25) is 0 Å². The normalized spacial score (nSPS) is 9.99. The summed E-state index contributed by atoms with van der Waals surface area (Å²) in [5.74, 6) is -4.91. The maximum absolute atomic E-state index is 9.60. The topological polar surface area (TPSA) is 530 Å². The number of carboxylic acids is 5. The van der Waals surface area contributed by atoms with Crippen LogP contribution >= 0.6 is 0 Å². The molecule has 0 unspecified atom stereocenters. The molecule has 0 amide bonds. The lowest BCUT2D eigenvalue weighted by Crippen LogP contribution is -2.30. The molecule has 0 fully saturated rings. The van der Waals surface area contributed by atoms with Gasteiger partial charge in [-0.05, 0) is 97.2 Å². The second-order valence-electron chi connectivity index (χ2n) is 22.0. The molecule has 0 aromatic heterocycles. The zero-order valence-electron chi connectivity index (χ0n) is 65.1. The van der Waals surface area contributed by atoms with Crippen LogP contribution in [0.4, 0.5) is 0 Å². The van der Waals surface area contributed by atoms with Crippen molar-refractivity contribution in [3.05, 3.63) is 0 Å². The second-order valence-corrected chi connectivity index (χ2v) is 22.0. The Morgan fingerprint density at radius 1 is 0.245 bits per heavy atom. The Bertz CT molecular complexity index is 1280. The number of aliphatic hydroxyl groups excluding tert-OH is 14. The first-order valence-corrected chi connectivity index (χ1v) is 36.5. The van der Waals surface area contributed by atoms with Crippen LogP contribution in [-0.2, 0) is 28.8 Å². The molecule has 0 aromatic carbocycles. The van der Waals surface area contributed by atoms with Gasteiger partial charge in [0.15, 0.2) is 0 Å². The Morgan fingerprint density at radius 3 is 0.402 bits per heavy atom. The number of hydrogen-bond acceptors (Lipinski definition) is 27. The van der Waals surface area contributed by atoms with Gasteiger partial charge in [-0.2, -0.15) is 0 Å². The first-order valence-electron chi connectivity index (χ1n) is 36.5. The fourth-order valence-corrected chi connectivity index (χ4v) is 7.34. The van der Waals surface area contributed by atoms with Gasteiger partial charge in [-0.1, -0.05) is 107 Å². The molecule has 0 atom stereocenters. The Morgan fingerprint density at radius 2 is 0.363 bits per heavy atom. The van der Waals surface area contributed by atoms with Gasteiger partial charge in [-0.15, -0.1) is 0 Å². The smallest absolute Gasteiger partial charge is 0.314 e. The van der Waals surface area contributed by atoms with Crippen molar-refractivity contribution >= 4 is 36.3 Å². The second kappa shape index (κ2) is 121. The zero-order chi connectivity index (χ0) is 81.1. The van der Waals surface area contributed by atoms with Crippen LogP contribution in [-0.4, -0.2) is 403 Å². The van der Waals surface area contributed by atoms with E-state index in [4.69, 9.17) is 112 Å². The van der Waals surface area contributed by atoms with E-state index < -0.39 is 36.3 Å². The maximum Gasteiger partial charge on any atom is 0.314 e. The number of hydrogen-bond donors (Lipinski definition) is 20. The Kier molecular flexibility index (Phi) is 148. The minimum atomic E-state index is -1.31. The summed E-state index contributed by atoms with van der Waals surface area (Å²) in [6.07, 6.45) is 16.5. The molecule has 20 N–H and O–H groups in total. The third kappa shape index (κ3) is 154. The van der Waals surface area contributed by atoms with Gasteiger partial charge in [-0.25, -0.2) is 0 Å². The summed E-state index contributed by atoms with van der Waals surface area (Å²) < 4.78 is 0. The number of unbranched alkanes of at least 4 members (excludes halogenated alkanes) is 7. The highest BCUT2D eigenvalue weighted by Crippen LogP contribution is 1.99. The summed E-state index contributed by atoms with van der Waals surface area (Å²) in [4.78, 5) is 69.7. The molecule has 624 valence electrons. The van der Waals surface area contributed by atoms with Crippen LogP contribution in [0, 0.1) is 0 Å². The van der Waals surface area contributed by atoms with Crippen molar-refractivity contribution in [2.75, 3.05) is 230 Å². The monoisotopic (exact) mass is 1500 g/mol. The Balaban J connectivity index is -0.0000000879. The molecule has 0 radical (unpaired) electrons. The van der Waals surface area contributed by atoms with Gasteiger partial charge in [0, 0.05) is 111 Å². The van der Waals surface area contributed by atoms with E-state index >= 15 is 0 Å². The standard InChI is InChI=1S/7C8H19NO2.C4H8O2.C3H4O4.C3H6O2.C2H4O2.CH2O2/c7*1-2-3-4-9(5-7-10)6-8-11;1-2-3-4(5)6;4-2(5)1-3(6)7;1-2-3(4)5;1-2(3)4;2-1-3/h7*10-11H,2-8H2,1H3;2-3H2,1H3,(H,5,6);1H2,(H,4,5)(H,6,7);2H2,1H3,(H,4,5);1H3,(H,3,4);1H,(H,2,3). The molecular formula is C69H157N7O26. The van der Waals surface area contributed by atoms with E-state index in [1.54, 1.807) is 6.92 Å². The molecule has 0 aliphatic rings. The predicted molar refractivity (Wildman–Crippen MR) is 401 cm³/mol. The Labute approximate surface area is 614 Å². The third-order valence-electron chi connectivity index (χ3n) is 12.7. The molecule has 0 saturated carbocycles. The van der Waals surface area contributed by atoms with Crippen LogP contribution in [0.3, 0.4) is 0 Å². The summed E-state index contributed by atoms with van der Waals surface area (Å²) in [6.45, 7) is 38.2. The molecule has 33 nitrogen and oxygen atoms in total. The van der Waals surface area contributed by atoms with Crippen molar-refractivity contribution in [2.24, 2.45) is 0 Å². The highest BCUT2D eigenvalue weighted by molar-refractivity contribution is 5.88. The number of carboxylic acid groups (broad SMARTS) is 6. The summed E-state index contributed by atoms with van der Waals surface area (Å²) in [5, 5.41) is 166. The minimum Gasteiger partial charge on any atom is -0.483 e. The van der Waals surface area contributed by atoms with Gasteiger partial charge in [0.25, 0.3) is 12.4 Å². The van der Waals surface area contributed by atoms with E-state index in [2.05, 4.69) is 82.8 Å². The summed E-state index contributed by atoms with van der Waals surface area (Å²) in [7, 11) is 0. The van der Waals surface area contributed by atoms with E-state index in [-0.39, 0.29) is 105 Å². The van der Waals surface area contributed by atoms with Crippen molar-refractivity contribution in [1.29, 1.82) is 0 Å². The van der Waals surface area contributed by atoms with Gasteiger partial charge in [0.1, 0.15) is 6.42 Å². The van der Waals surface area contributed by atoms with E-state index in [1.165, 1.54) is 0 Å². The van der Waals surface area contributed by atoms with E-state index in [1.807, 2.05) is 6.92 Å². The third-order valence-corrected chi connectivity index (χ3v) is 12.7. The molecule has 0 spiro atoms. The molecule has 0 aliphatic heterocycles. The first-order chi connectivity index (χ1) is 48.7. The molecule has 0 rings (SSSR count). The van der Waals surface area contributed by atoms with Crippen LogP contribution in [0.2, 0.25) is 0 Å². The van der Waals surface area contributed by atoms with Gasteiger partial charge < -0.3 is 102 Å². The first kappa shape index (κ1) is 125. The quantitative estimate of drug-likeness (QED) is 0.0300. The zero-order valence-corrected chi connectivity index (χ0v) is 65.1.